The quantitative estimate of drug-likeness (QED) is 0.619. The standard InChI is InChI=1S/C10H10N2O2/c11-7-5-8-10(14-4-3-13-8)9-6(7)1-2-12-9/h1-2,5,12H,3-4,11H2. The van der Waals surface area contributed by atoms with Crippen LogP contribution < -0.4 is 15.2 Å². The zero-order chi connectivity index (χ0) is 9.54. The minimum Gasteiger partial charge on any atom is -0.486 e. The molecule has 2 aromatic rings. The molecular formula is C10H10N2O2. The molecule has 72 valence electrons. The van der Waals surface area contributed by atoms with Crippen LogP contribution in [0.25, 0.3) is 10.9 Å². The Bertz CT molecular complexity index is 490. The SMILES string of the molecule is Nc1cc2c(c3[nH]ccc13)OCCO2. The number of rotatable bonds is 0. The molecule has 1 aliphatic rings. The normalized spacial score (nSPS) is 14.6. The Balaban J connectivity index is 2.38. The lowest BCUT2D eigenvalue weighted by molar-refractivity contribution is 0.174. The van der Waals surface area contributed by atoms with E-state index in [1.165, 1.54) is 0 Å². The predicted octanol–water partition coefficient (Wildman–Crippen LogP) is 1.52. The summed E-state index contributed by atoms with van der Waals surface area (Å²) < 4.78 is 11.0. The first-order chi connectivity index (χ1) is 6.86. The van der Waals surface area contributed by atoms with Crippen molar-refractivity contribution in [2.45, 2.75) is 0 Å². The molecule has 0 bridgehead atoms. The first-order valence-corrected chi connectivity index (χ1v) is 4.51. The highest BCUT2D eigenvalue weighted by Gasteiger charge is 2.17. The summed E-state index contributed by atoms with van der Waals surface area (Å²) in [6.45, 7) is 1.17. The van der Waals surface area contributed by atoms with Gasteiger partial charge in [0.2, 0.25) is 0 Å². The molecule has 0 amide bonds. The molecule has 3 rings (SSSR count). The largest absolute Gasteiger partial charge is 0.486 e. The van der Waals surface area contributed by atoms with Crippen LogP contribution in [0.3, 0.4) is 0 Å². The van der Waals surface area contributed by atoms with Crippen molar-refractivity contribution in [2.75, 3.05) is 18.9 Å². The van der Waals surface area contributed by atoms with Gasteiger partial charge < -0.3 is 20.2 Å². The lowest BCUT2D eigenvalue weighted by Gasteiger charge is -2.19. The van der Waals surface area contributed by atoms with Gasteiger partial charge in [-0.15, -0.1) is 0 Å². The van der Waals surface area contributed by atoms with Gasteiger partial charge in [-0.25, -0.2) is 0 Å². The number of nitrogens with two attached hydrogens (primary N) is 1. The van der Waals surface area contributed by atoms with Gasteiger partial charge in [-0.1, -0.05) is 0 Å². The van der Waals surface area contributed by atoms with E-state index in [1.54, 1.807) is 0 Å². The second-order valence-corrected chi connectivity index (χ2v) is 3.26. The summed E-state index contributed by atoms with van der Waals surface area (Å²) in [5.74, 6) is 1.49. The molecule has 0 spiro atoms. The van der Waals surface area contributed by atoms with E-state index in [9.17, 15) is 0 Å². The van der Waals surface area contributed by atoms with E-state index in [4.69, 9.17) is 15.2 Å². The van der Waals surface area contributed by atoms with E-state index >= 15 is 0 Å². The molecule has 0 atom stereocenters. The van der Waals surface area contributed by atoms with Crippen molar-refractivity contribution >= 4 is 16.6 Å². The minimum absolute atomic E-state index is 0.582. The Morgan fingerprint density at radius 3 is 3.07 bits per heavy atom. The van der Waals surface area contributed by atoms with E-state index in [0.29, 0.717) is 18.9 Å². The molecule has 2 heterocycles. The highest BCUT2D eigenvalue weighted by atomic mass is 16.6. The number of nitrogens with one attached hydrogen (secondary N) is 1. The van der Waals surface area contributed by atoms with E-state index in [-0.39, 0.29) is 0 Å². The number of aromatic nitrogens is 1. The van der Waals surface area contributed by atoms with Crippen LogP contribution in [-0.4, -0.2) is 18.2 Å². The fourth-order valence-electron chi connectivity index (χ4n) is 1.75. The van der Waals surface area contributed by atoms with Crippen LogP contribution in [-0.2, 0) is 0 Å². The Hall–Kier alpha value is -1.84. The van der Waals surface area contributed by atoms with Crippen LogP contribution in [0.2, 0.25) is 0 Å². The predicted molar refractivity (Wildman–Crippen MR) is 53.7 cm³/mol. The fourth-order valence-corrected chi connectivity index (χ4v) is 1.75. The van der Waals surface area contributed by atoms with Crippen LogP contribution in [0.1, 0.15) is 0 Å². The maximum Gasteiger partial charge on any atom is 0.185 e. The highest BCUT2D eigenvalue weighted by Crippen LogP contribution is 2.39. The summed E-state index contributed by atoms with van der Waals surface area (Å²) in [7, 11) is 0. The summed E-state index contributed by atoms with van der Waals surface area (Å²) in [6, 6.07) is 3.74. The molecule has 0 fully saturated rings. The molecule has 0 saturated carbocycles. The van der Waals surface area contributed by atoms with Crippen LogP contribution in [0.5, 0.6) is 11.5 Å². The van der Waals surface area contributed by atoms with Crippen molar-refractivity contribution in [1.29, 1.82) is 0 Å². The van der Waals surface area contributed by atoms with E-state index < -0.39 is 0 Å². The van der Waals surface area contributed by atoms with Crippen molar-refractivity contribution in [3.63, 3.8) is 0 Å². The third-order valence-corrected chi connectivity index (χ3v) is 2.38. The number of aromatic amines is 1. The molecule has 4 heteroatoms. The average Bonchev–Trinajstić information content (AvgIpc) is 2.67. The van der Waals surface area contributed by atoms with Crippen molar-refractivity contribution in [1.82, 2.24) is 4.98 Å². The summed E-state index contributed by atoms with van der Waals surface area (Å²) in [4.78, 5) is 3.10. The van der Waals surface area contributed by atoms with Crippen LogP contribution in [0.15, 0.2) is 18.3 Å². The monoisotopic (exact) mass is 190 g/mol. The fraction of sp³-hybridized carbons (Fsp3) is 0.200. The maximum atomic E-state index is 5.87. The van der Waals surface area contributed by atoms with Gasteiger partial charge in [-0.3, -0.25) is 0 Å². The molecule has 1 aromatic heterocycles. The Morgan fingerprint density at radius 1 is 1.29 bits per heavy atom. The summed E-state index contributed by atoms with van der Waals surface area (Å²) in [6.07, 6.45) is 1.85. The number of ether oxygens (including phenoxy) is 2. The Morgan fingerprint density at radius 2 is 2.14 bits per heavy atom. The van der Waals surface area contributed by atoms with E-state index in [0.717, 1.165) is 22.4 Å². The first kappa shape index (κ1) is 7.55. The molecule has 1 aromatic carbocycles. The number of H-pyrrole nitrogens is 1. The zero-order valence-corrected chi connectivity index (χ0v) is 7.54. The second-order valence-electron chi connectivity index (χ2n) is 3.26. The van der Waals surface area contributed by atoms with Crippen LogP contribution in [0.4, 0.5) is 5.69 Å². The lowest BCUT2D eigenvalue weighted by Crippen LogP contribution is -2.15. The second kappa shape index (κ2) is 2.57. The van der Waals surface area contributed by atoms with Crippen LogP contribution >= 0.6 is 0 Å². The topological polar surface area (TPSA) is 60.3 Å². The number of nitrogen functional groups attached to an aromatic ring is 1. The third kappa shape index (κ3) is 0.878. The molecule has 0 unspecified atom stereocenters. The zero-order valence-electron chi connectivity index (χ0n) is 7.54. The summed E-state index contributed by atoms with van der Waals surface area (Å²) in [5, 5.41) is 0.981. The van der Waals surface area contributed by atoms with Crippen LogP contribution in [0, 0.1) is 0 Å². The number of fused-ring (bicyclic) bond motifs is 3. The molecule has 0 saturated heterocycles. The van der Waals surface area contributed by atoms with Gasteiger partial charge in [0.1, 0.15) is 13.2 Å². The van der Waals surface area contributed by atoms with Crippen molar-refractivity contribution < 1.29 is 9.47 Å². The molecule has 4 nitrogen and oxygen atoms in total. The van der Waals surface area contributed by atoms with Crippen molar-refractivity contribution in [3.05, 3.63) is 18.3 Å². The lowest BCUT2D eigenvalue weighted by atomic mass is 10.2. The summed E-state index contributed by atoms with van der Waals surface area (Å²) in [5.41, 5.74) is 7.50. The van der Waals surface area contributed by atoms with Gasteiger partial charge in [0.05, 0.1) is 5.52 Å². The molecule has 3 N–H and O–H groups in total. The van der Waals surface area contributed by atoms with Gasteiger partial charge >= 0.3 is 0 Å². The number of hydrogen-bond acceptors (Lipinski definition) is 3. The van der Waals surface area contributed by atoms with Gasteiger partial charge in [0.25, 0.3) is 0 Å². The maximum absolute atomic E-state index is 5.87. The number of benzene rings is 1. The van der Waals surface area contributed by atoms with Crippen molar-refractivity contribution in [3.8, 4) is 11.5 Å². The summed E-state index contributed by atoms with van der Waals surface area (Å²) >= 11 is 0. The number of hydrogen-bond donors (Lipinski definition) is 2. The third-order valence-electron chi connectivity index (χ3n) is 2.38. The van der Waals surface area contributed by atoms with Gasteiger partial charge in [-0.05, 0) is 6.07 Å². The molecule has 0 aliphatic carbocycles. The van der Waals surface area contributed by atoms with E-state index in [1.807, 2.05) is 18.3 Å². The Labute approximate surface area is 80.6 Å². The van der Waals surface area contributed by atoms with Gasteiger partial charge in [0, 0.05) is 23.3 Å². The molecule has 14 heavy (non-hydrogen) atoms. The smallest absolute Gasteiger partial charge is 0.185 e. The highest BCUT2D eigenvalue weighted by molar-refractivity contribution is 5.97. The van der Waals surface area contributed by atoms with Gasteiger partial charge in [-0.2, -0.15) is 0 Å². The van der Waals surface area contributed by atoms with Gasteiger partial charge in [0.15, 0.2) is 11.5 Å². The van der Waals surface area contributed by atoms with E-state index in [2.05, 4.69) is 4.98 Å². The molecule has 0 radical (unpaired) electrons. The number of anilines is 1. The first-order valence-electron chi connectivity index (χ1n) is 4.51. The minimum atomic E-state index is 0.582. The Kier molecular flexibility index (Phi) is 1.39. The molecular weight excluding hydrogens is 180 g/mol. The van der Waals surface area contributed by atoms with Crippen molar-refractivity contribution in [2.24, 2.45) is 0 Å². The average molecular weight is 190 g/mol. The molecule has 1 aliphatic heterocycles.